The summed E-state index contributed by atoms with van der Waals surface area (Å²) in [6, 6.07) is 0. The van der Waals surface area contributed by atoms with Crippen molar-refractivity contribution in [3.05, 3.63) is 23.8 Å². The first-order valence-electron chi connectivity index (χ1n) is 4.71. The summed E-state index contributed by atoms with van der Waals surface area (Å²) in [5.74, 6) is 0.213. The highest BCUT2D eigenvalue weighted by atomic mass is 19.4. The van der Waals surface area contributed by atoms with Crippen molar-refractivity contribution in [1.29, 1.82) is 0 Å². The van der Waals surface area contributed by atoms with E-state index in [4.69, 9.17) is 0 Å². The molecule has 0 spiro atoms. The lowest BCUT2D eigenvalue weighted by Gasteiger charge is -2.34. The van der Waals surface area contributed by atoms with Crippen LogP contribution in [0.3, 0.4) is 0 Å². The van der Waals surface area contributed by atoms with Crippen molar-refractivity contribution < 1.29 is 13.2 Å². The Labute approximate surface area is 82.5 Å². The van der Waals surface area contributed by atoms with Crippen LogP contribution in [-0.4, -0.2) is 6.18 Å². The molecule has 0 nitrogen and oxygen atoms in total. The first-order valence-corrected chi connectivity index (χ1v) is 4.71. The molecule has 0 radical (unpaired) electrons. The SMILES string of the molecule is CC(C)C1(C)C=CC=C(C(F)(F)F)C1. The van der Waals surface area contributed by atoms with Crippen LogP contribution in [-0.2, 0) is 0 Å². The number of hydrogen-bond acceptors (Lipinski definition) is 0. The molecule has 0 aromatic carbocycles. The van der Waals surface area contributed by atoms with Crippen LogP contribution in [0.4, 0.5) is 13.2 Å². The van der Waals surface area contributed by atoms with E-state index in [9.17, 15) is 13.2 Å². The molecule has 0 heterocycles. The maximum absolute atomic E-state index is 12.4. The van der Waals surface area contributed by atoms with E-state index in [1.54, 1.807) is 0 Å². The zero-order chi connectivity index (χ0) is 11.0. The molecule has 1 aliphatic carbocycles. The highest BCUT2D eigenvalue weighted by molar-refractivity contribution is 5.26. The number of alkyl halides is 3. The molecule has 1 unspecified atom stereocenters. The smallest absolute Gasteiger partial charge is 0.166 e. The van der Waals surface area contributed by atoms with Gasteiger partial charge in [-0.05, 0) is 17.8 Å². The average Bonchev–Trinajstić information content (AvgIpc) is 2.02. The van der Waals surface area contributed by atoms with Gasteiger partial charge in [-0.3, -0.25) is 0 Å². The van der Waals surface area contributed by atoms with Crippen molar-refractivity contribution in [2.45, 2.75) is 33.4 Å². The van der Waals surface area contributed by atoms with Crippen LogP contribution in [0, 0.1) is 11.3 Å². The zero-order valence-corrected chi connectivity index (χ0v) is 8.65. The van der Waals surface area contributed by atoms with E-state index in [2.05, 4.69) is 0 Å². The fraction of sp³-hybridized carbons (Fsp3) is 0.636. The Morgan fingerprint density at radius 1 is 1.36 bits per heavy atom. The predicted molar refractivity (Wildman–Crippen MR) is 50.8 cm³/mol. The number of allylic oxidation sites excluding steroid dienone is 4. The fourth-order valence-electron chi connectivity index (χ4n) is 1.50. The fourth-order valence-corrected chi connectivity index (χ4v) is 1.50. The second kappa shape index (κ2) is 3.44. The number of halogens is 3. The van der Waals surface area contributed by atoms with Gasteiger partial charge in [-0.1, -0.05) is 39.0 Å². The minimum atomic E-state index is -4.18. The van der Waals surface area contributed by atoms with E-state index in [0.717, 1.165) is 0 Å². The Balaban J connectivity index is 2.89. The van der Waals surface area contributed by atoms with Crippen molar-refractivity contribution in [2.24, 2.45) is 11.3 Å². The van der Waals surface area contributed by atoms with Gasteiger partial charge >= 0.3 is 6.18 Å². The van der Waals surface area contributed by atoms with Gasteiger partial charge in [0.15, 0.2) is 0 Å². The Hall–Kier alpha value is -0.730. The average molecular weight is 204 g/mol. The Morgan fingerprint density at radius 2 is 1.93 bits per heavy atom. The molecular formula is C11H15F3. The summed E-state index contributed by atoms with van der Waals surface area (Å²) in [6.45, 7) is 5.76. The van der Waals surface area contributed by atoms with Crippen LogP contribution in [0.2, 0.25) is 0 Å². The van der Waals surface area contributed by atoms with Gasteiger partial charge < -0.3 is 0 Å². The van der Waals surface area contributed by atoms with Crippen LogP contribution in [0.15, 0.2) is 23.8 Å². The van der Waals surface area contributed by atoms with E-state index in [-0.39, 0.29) is 17.8 Å². The molecule has 3 heteroatoms. The van der Waals surface area contributed by atoms with Gasteiger partial charge in [0.1, 0.15) is 0 Å². The molecule has 0 saturated carbocycles. The lowest BCUT2D eigenvalue weighted by atomic mass is 9.72. The van der Waals surface area contributed by atoms with Crippen molar-refractivity contribution in [3.63, 3.8) is 0 Å². The van der Waals surface area contributed by atoms with Gasteiger partial charge in [-0.25, -0.2) is 0 Å². The van der Waals surface area contributed by atoms with Crippen LogP contribution in [0.1, 0.15) is 27.2 Å². The Morgan fingerprint density at radius 3 is 2.36 bits per heavy atom. The molecule has 0 fully saturated rings. The summed E-state index contributed by atoms with van der Waals surface area (Å²) in [4.78, 5) is 0. The predicted octanol–water partition coefficient (Wildman–Crippen LogP) is 4.10. The summed E-state index contributed by atoms with van der Waals surface area (Å²) >= 11 is 0. The summed E-state index contributed by atoms with van der Waals surface area (Å²) in [6.07, 6.45) is 0.467. The molecule has 0 aromatic heterocycles. The van der Waals surface area contributed by atoms with E-state index >= 15 is 0 Å². The molecule has 1 aliphatic rings. The summed E-state index contributed by atoms with van der Waals surface area (Å²) in [5.41, 5.74) is -0.782. The third kappa shape index (κ3) is 2.20. The van der Waals surface area contributed by atoms with Crippen LogP contribution >= 0.6 is 0 Å². The van der Waals surface area contributed by atoms with Gasteiger partial charge in [0.2, 0.25) is 0 Å². The molecule has 0 aliphatic heterocycles. The van der Waals surface area contributed by atoms with Crippen molar-refractivity contribution in [1.82, 2.24) is 0 Å². The molecular weight excluding hydrogens is 189 g/mol. The molecule has 1 rings (SSSR count). The van der Waals surface area contributed by atoms with E-state index in [0.29, 0.717) is 0 Å². The zero-order valence-electron chi connectivity index (χ0n) is 8.65. The molecule has 0 amide bonds. The van der Waals surface area contributed by atoms with Crippen LogP contribution in [0.25, 0.3) is 0 Å². The maximum Gasteiger partial charge on any atom is 0.412 e. The summed E-state index contributed by atoms with van der Waals surface area (Å²) in [7, 11) is 0. The van der Waals surface area contributed by atoms with E-state index in [1.807, 2.05) is 26.8 Å². The van der Waals surface area contributed by atoms with Gasteiger partial charge in [0, 0.05) is 5.57 Å². The molecule has 80 valence electrons. The standard InChI is InChI=1S/C11H15F3/c1-8(2)10(3)6-4-5-9(7-10)11(12,13)14/h4-6,8H,7H2,1-3H3. The largest absolute Gasteiger partial charge is 0.412 e. The lowest BCUT2D eigenvalue weighted by Crippen LogP contribution is -2.27. The Kier molecular flexibility index (Phi) is 2.79. The molecule has 0 bridgehead atoms. The van der Waals surface area contributed by atoms with Crippen molar-refractivity contribution in [3.8, 4) is 0 Å². The minimum absolute atomic E-state index is 0.0880. The summed E-state index contributed by atoms with van der Waals surface area (Å²) in [5, 5.41) is 0. The maximum atomic E-state index is 12.4. The highest BCUT2D eigenvalue weighted by Gasteiger charge is 2.39. The highest BCUT2D eigenvalue weighted by Crippen LogP contribution is 2.43. The summed E-state index contributed by atoms with van der Waals surface area (Å²) < 4.78 is 37.3. The van der Waals surface area contributed by atoms with Crippen molar-refractivity contribution in [2.75, 3.05) is 0 Å². The normalized spacial score (nSPS) is 28.1. The second-order valence-corrected chi connectivity index (χ2v) is 4.39. The quantitative estimate of drug-likeness (QED) is 0.603. The third-order valence-corrected chi connectivity index (χ3v) is 3.03. The Bertz CT molecular complexity index is 271. The molecule has 0 saturated heterocycles. The monoisotopic (exact) mass is 204 g/mol. The third-order valence-electron chi connectivity index (χ3n) is 3.03. The second-order valence-electron chi connectivity index (χ2n) is 4.39. The first-order chi connectivity index (χ1) is 6.26. The van der Waals surface area contributed by atoms with Crippen molar-refractivity contribution >= 4 is 0 Å². The minimum Gasteiger partial charge on any atom is -0.166 e. The van der Waals surface area contributed by atoms with E-state index in [1.165, 1.54) is 12.2 Å². The number of hydrogen-bond donors (Lipinski definition) is 0. The topological polar surface area (TPSA) is 0 Å². The van der Waals surface area contributed by atoms with Gasteiger partial charge in [-0.2, -0.15) is 13.2 Å². The first kappa shape index (κ1) is 11.3. The molecule has 14 heavy (non-hydrogen) atoms. The van der Waals surface area contributed by atoms with Gasteiger partial charge in [0.05, 0.1) is 0 Å². The molecule has 0 N–H and O–H groups in total. The molecule has 0 aromatic rings. The van der Waals surface area contributed by atoms with Gasteiger partial charge in [0.25, 0.3) is 0 Å². The molecule has 1 atom stereocenters. The van der Waals surface area contributed by atoms with E-state index < -0.39 is 11.7 Å². The van der Waals surface area contributed by atoms with Crippen LogP contribution < -0.4 is 0 Å². The lowest BCUT2D eigenvalue weighted by molar-refractivity contribution is -0.0973. The van der Waals surface area contributed by atoms with Gasteiger partial charge in [-0.15, -0.1) is 0 Å². The number of rotatable bonds is 1. The van der Waals surface area contributed by atoms with Crippen LogP contribution in [0.5, 0.6) is 0 Å².